The van der Waals surface area contributed by atoms with Gasteiger partial charge in [0.25, 0.3) is 0 Å². The number of nitrogens with zero attached hydrogens (tertiary/aromatic N) is 1. The van der Waals surface area contributed by atoms with Gasteiger partial charge < -0.3 is 20.5 Å². The van der Waals surface area contributed by atoms with Crippen molar-refractivity contribution in [1.82, 2.24) is 0 Å². The molecule has 116 valence electrons. The van der Waals surface area contributed by atoms with Gasteiger partial charge in [-0.05, 0) is 25.7 Å². The maximum atomic E-state index is 12.0. The van der Waals surface area contributed by atoms with Crippen molar-refractivity contribution in [3.63, 3.8) is 0 Å². The van der Waals surface area contributed by atoms with Gasteiger partial charge in [-0.1, -0.05) is 6.92 Å². The van der Waals surface area contributed by atoms with Gasteiger partial charge in [0.05, 0.1) is 23.8 Å². The average Bonchev–Trinajstić information content (AvgIpc) is 2.92. The summed E-state index contributed by atoms with van der Waals surface area (Å²) in [6.45, 7) is 1.84. The number of ketones is 1. The summed E-state index contributed by atoms with van der Waals surface area (Å²) < 4.78 is 5.48. The molecule has 2 aliphatic rings. The molecule has 6 heteroatoms. The number of nitrogens with two attached hydrogens (primary N) is 1. The molecule has 0 saturated carbocycles. The van der Waals surface area contributed by atoms with Gasteiger partial charge in [-0.3, -0.25) is 4.79 Å². The zero-order valence-electron chi connectivity index (χ0n) is 12.5. The summed E-state index contributed by atoms with van der Waals surface area (Å²) in [6, 6.07) is 0.658. The number of carbonyl (C=O) groups is 1. The lowest BCUT2D eigenvalue weighted by atomic mass is 10.0. The van der Waals surface area contributed by atoms with E-state index in [4.69, 9.17) is 10.5 Å². The molecule has 0 aliphatic carbocycles. The molecule has 2 fully saturated rings. The van der Waals surface area contributed by atoms with Crippen LogP contribution in [0.1, 0.15) is 48.7 Å². The van der Waals surface area contributed by atoms with Crippen LogP contribution >= 0.6 is 11.3 Å². The Morgan fingerprint density at radius 3 is 2.57 bits per heavy atom. The maximum absolute atomic E-state index is 12.0. The zero-order valence-corrected chi connectivity index (χ0v) is 13.3. The number of piperidine rings is 1. The Morgan fingerprint density at radius 2 is 2.05 bits per heavy atom. The van der Waals surface area contributed by atoms with Crippen molar-refractivity contribution >= 4 is 27.8 Å². The molecule has 1 aromatic heterocycles. The first kappa shape index (κ1) is 14.7. The number of thiophene rings is 1. The van der Waals surface area contributed by atoms with Gasteiger partial charge in [-0.15, -0.1) is 11.3 Å². The van der Waals surface area contributed by atoms with Crippen molar-refractivity contribution in [2.24, 2.45) is 0 Å². The maximum Gasteiger partial charge on any atom is 0.177 e. The number of nitrogen functional groups attached to an aromatic ring is 1. The third kappa shape index (κ3) is 2.30. The number of hydrogen-bond acceptors (Lipinski definition) is 6. The van der Waals surface area contributed by atoms with E-state index >= 15 is 0 Å². The number of rotatable bonds is 4. The lowest BCUT2D eigenvalue weighted by molar-refractivity contribution is 0.0992. The van der Waals surface area contributed by atoms with E-state index in [2.05, 4.69) is 4.90 Å². The predicted molar refractivity (Wildman–Crippen MR) is 84.4 cm³/mol. The molecule has 5 nitrogen and oxygen atoms in total. The van der Waals surface area contributed by atoms with Crippen molar-refractivity contribution in [2.75, 3.05) is 17.7 Å². The SMILES string of the molecule is CCC(=O)c1sc(N2C3CCC2CC(O)C3)c(OC)c1N. The monoisotopic (exact) mass is 310 g/mol. The lowest BCUT2D eigenvalue weighted by Gasteiger charge is -2.38. The van der Waals surface area contributed by atoms with Crippen LogP contribution in [0, 0.1) is 0 Å². The van der Waals surface area contributed by atoms with Crippen molar-refractivity contribution in [3.05, 3.63) is 4.88 Å². The third-order valence-corrected chi connectivity index (χ3v) is 5.84. The van der Waals surface area contributed by atoms with Crippen molar-refractivity contribution < 1.29 is 14.6 Å². The molecule has 3 rings (SSSR count). The van der Waals surface area contributed by atoms with E-state index in [9.17, 15) is 9.90 Å². The molecule has 0 aromatic carbocycles. The summed E-state index contributed by atoms with van der Waals surface area (Å²) >= 11 is 1.44. The van der Waals surface area contributed by atoms with E-state index < -0.39 is 0 Å². The standard InChI is InChI=1S/C15H22N2O3S/c1-3-11(19)14-12(16)13(20-2)15(21-14)17-8-4-5-9(17)7-10(18)6-8/h8-10,18H,3-7,16H2,1-2H3. The van der Waals surface area contributed by atoms with Gasteiger partial charge in [-0.2, -0.15) is 0 Å². The Bertz CT molecular complexity index is 543. The molecule has 3 N–H and O–H groups in total. The molecule has 21 heavy (non-hydrogen) atoms. The first-order valence-electron chi connectivity index (χ1n) is 7.52. The second-order valence-corrected chi connectivity index (χ2v) is 6.88. The number of anilines is 2. The minimum absolute atomic E-state index is 0.0615. The number of fused-ring (bicyclic) bond motifs is 2. The Morgan fingerprint density at radius 1 is 1.43 bits per heavy atom. The normalized spacial score (nSPS) is 28.0. The number of methoxy groups -OCH3 is 1. The van der Waals surface area contributed by atoms with Crippen LogP contribution in [0.2, 0.25) is 0 Å². The quantitative estimate of drug-likeness (QED) is 0.835. The van der Waals surface area contributed by atoms with Crippen LogP contribution in [0.25, 0.3) is 0 Å². The van der Waals surface area contributed by atoms with Gasteiger partial charge in [0.1, 0.15) is 5.00 Å². The molecule has 3 heterocycles. The Balaban J connectivity index is 2.01. The highest BCUT2D eigenvalue weighted by molar-refractivity contribution is 7.19. The lowest BCUT2D eigenvalue weighted by Crippen LogP contribution is -2.44. The molecular formula is C15H22N2O3S. The van der Waals surface area contributed by atoms with Crippen molar-refractivity contribution in [3.8, 4) is 5.75 Å². The van der Waals surface area contributed by atoms with Gasteiger partial charge in [-0.25, -0.2) is 0 Å². The van der Waals surface area contributed by atoms with E-state index in [1.54, 1.807) is 7.11 Å². The van der Waals surface area contributed by atoms with E-state index in [-0.39, 0.29) is 11.9 Å². The molecule has 0 amide bonds. The molecule has 1 aromatic rings. The van der Waals surface area contributed by atoms with Crippen LogP contribution in [0.4, 0.5) is 10.7 Å². The second kappa shape index (κ2) is 5.50. The summed E-state index contributed by atoms with van der Waals surface area (Å²) in [6.07, 6.45) is 3.97. The van der Waals surface area contributed by atoms with E-state index in [0.29, 0.717) is 34.8 Å². The summed E-state index contributed by atoms with van der Waals surface area (Å²) in [5.74, 6) is 0.691. The molecular weight excluding hydrogens is 288 g/mol. The summed E-state index contributed by atoms with van der Waals surface area (Å²) in [5.41, 5.74) is 6.59. The Labute approximate surface area is 128 Å². The minimum Gasteiger partial charge on any atom is -0.492 e. The van der Waals surface area contributed by atoms with E-state index in [0.717, 1.165) is 30.7 Å². The van der Waals surface area contributed by atoms with Crippen LogP contribution < -0.4 is 15.4 Å². The smallest absolute Gasteiger partial charge is 0.177 e. The number of hydrogen-bond donors (Lipinski definition) is 2. The van der Waals surface area contributed by atoms with Gasteiger partial charge in [0.2, 0.25) is 0 Å². The van der Waals surface area contributed by atoms with E-state index in [1.807, 2.05) is 6.92 Å². The Hall–Kier alpha value is -1.27. The molecule has 2 unspecified atom stereocenters. The predicted octanol–water partition coefficient (Wildman–Crippen LogP) is 2.42. The van der Waals surface area contributed by atoms with Crippen LogP contribution in [0.5, 0.6) is 5.75 Å². The molecule has 2 atom stereocenters. The molecule has 0 spiro atoms. The van der Waals surface area contributed by atoms with Crippen LogP contribution in [-0.4, -0.2) is 36.2 Å². The third-order valence-electron chi connectivity index (χ3n) is 4.60. The number of ether oxygens (including phenoxy) is 1. The molecule has 2 saturated heterocycles. The highest BCUT2D eigenvalue weighted by Crippen LogP contribution is 2.50. The average molecular weight is 310 g/mol. The van der Waals surface area contributed by atoms with Crippen LogP contribution in [0.3, 0.4) is 0 Å². The first-order valence-corrected chi connectivity index (χ1v) is 8.34. The fraction of sp³-hybridized carbons (Fsp3) is 0.667. The number of Topliss-reactive ketones (excluding diaryl/α,β-unsaturated/α-hetero) is 1. The van der Waals surface area contributed by atoms with Crippen LogP contribution in [0.15, 0.2) is 0 Å². The van der Waals surface area contributed by atoms with Gasteiger partial charge in [0.15, 0.2) is 11.5 Å². The first-order chi connectivity index (χ1) is 10.1. The van der Waals surface area contributed by atoms with Crippen molar-refractivity contribution in [1.29, 1.82) is 0 Å². The minimum atomic E-state index is -0.209. The van der Waals surface area contributed by atoms with Gasteiger partial charge in [0, 0.05) is 18.5 Å². The number of aliphatic hydroxyl groups is 1. The Kier molecular flexibility index (Phi) is 3.84. The summed E-state index contributed by atoms with van der Waals surface area (Å²) in [4.78, 5) is 15.0. The molecule has 2 aliphatic heterocycles. The second-order valence-electron chi connectivity index (χ2n) is 5.88. The molecule has 0 radical (unpaired) electrons. The number of carbonyl (C=O) groups excluding carboxylic acids is 1. The highest BCUT2D eigenvalue weighted by atomic mass is 32.1. The summed E-state index contributed by atoms with van der Waals surface area (Å²) in [5, 5.41) is 10.9. The fourth-order valence-corrected chi connectivity index (χ4v) is 4.97. The van der Waals surface area contributed by atoms with E-state index in [1.165, 1.54) is 11.3 Å². The largest absolute Gasteiger partial charge is 0.492 e. The highest BCUT2D eigenvalue weighted by Gasteiger charge is 2.42. The molecule has 2 bridgehead atoms. The van der Waals surface area contributed by atoms with Crippen LogP contribution in [-0.2, 0) is 0 Å². The summed E-state index contributed by atoms with van der Waals surface area (Å²) in [7, 11) is 1.60. The zero-order chi connectivity index (χ0) is 15.1. The number of aliphatic hydroxyl groups excluding tert-OH is 1. The van der Waals surface area contributed by atoms with Gasteiger partial charge >= 0.3 is 0 Å². The topological polar surface area (TPSA) is 75.8 Å². The van der Waals surface area contributed by atoms with Crippen molar-refractivity contribution in [2.45, 2.75) is 57.2 Å². The fourth-order valence-electron chi connectivity index (χ4n) is 3.63.